The molecule has 0 N–H and O–H groups in total. The second-order valence-corrected chi connectivity index (χ2v) is 12.3. The summed E-state index contributed by atoms with van der Waals surface area (Å²) in [5.74, 6) is 2.66. The van der Waals surface area contributed by atoms with Crippen LogP contribution in [-0.4, -0.2) is 57.7 Å². The summed E-state index contributed by atoms with van der Waals surface area (Å²) in [5, 5.41) is 5.58. The number of pyridine rings is 1. The van der Waals surface area contributed by atoms with Crippen LogP contribution in [0.2, 0.25) is 0 Å². The molecule has 5 rings (SSSR count). The minimum absolute atomic E-state index is 0.189. The molecule has 2 aliphatic heterocycles. The fourth-order valence-corrected chi connectivity index (χ4v) is 7.23. The van der Waals surface area contributed by atoms with Crippen molar-refractivity contribution in [3.05, 3.63) is 17.8 Å². The smallest absolute Gasteiger partial charge is 0.184 e. The van der Waals surface area contributed by atoms with Crippen LogP contribution in [0, 0.1) is 11.8 Å². The molecule has 2 saturated heterocycles. The summed E-state index contributed by atoms with van der Waals surface area (Å²) >= 11 is 0. The van der Waals surface area contributed by atoms with Gasteiger partial charge in [0.15, 0.2) is 11.4 Å². The summed E-state index contributed by atoms with van der Waals surface area (Å²) in [6.07, 6.45) is 19.3. The van der Waals surface area contributed by atoms with E-state index in [1.807, 2.05) is 11.7 Å². The van der Waals surface area contributed by atoms with Crippen molar-refractivity contribution in [2.45, 2.75) is 109 Å². The summed E-state index contributed by atoms with van der Waals surface area (Å²) in [6, 6.07) is 4.77. The second-order valence-electron chi connectivity index (χ2n) is 12.3. The van der Waals surface area contributed by atoms with E-state index in [2.05, 4.69) is 34.0 Å². The van der Waals surface area contributed by atoms with Crippen LogP contribution in [0.5, 0.6) is 0 Å². The topological polar surface area (TPSA) is 54.3 Å². The molecule has 2 atom stereocenters. The number of piperidine rings is 1. The molecule has 3 aliphatic rings. The van der Waals surface area contributed by atoms with Gasteiger partial charge in [-0.15, -0.1) is 0 Å². The molecule has 0 bridgehead atoms. The van der Waals surface area contributed by atoms with Crippen LogP contribution in [0.25, 0.3) is 11.0 Å². The van der Waals surface area contributed by atoms with Gasteiger partial charge in [-0.1, -0.05) is 51.4 Å². The Labute approximate surface area is 224 Å². The Kier molecular flexibility index (Phi) is 9.17. The molecule has 3 fully saturated rings. The first-order valence-electron chi connectivity index (χ1n) is 15.4. The number of Topliss-reactive ketones (excluding diaryl/α,β-unsaturated/α-hetero) is 1. The first kappa shape index (κ1) is 26.6. The van der Waals surface area contributed by atoms with Crippen molar-refractivity contribution < 1.29 is 4.79 Å². The minimum Gasteiger partial charge on any atom is -0.357 e. The predicted octanol–water partition coefficient (Wildman–Crippen LogP) is 6.77. The third kappa shape index (κ3) is 6.74. The van der Waals surface area contributed by atoms with Crippen LogP contribution >= 0.6 is 0 Å². The highest BCUT2D eigenvalue weighted by Gasteiger charge is 2.29. The maximum atomic E-state index is 13.4. The molecular formula is C31H49N5O. The molecule has 204 valence electrons. The molecule has 4 heterocycles. The van der Waals surface area contributed by atoms with E-state index in [-0.39, 0.29) is 5.78 Å². The van der Waals surface area contributed by atoms with Crippen LogP contribution < -0.4 is 4.90 Å². The lowest BCUT2D eigenvalue weighted by Crippen LogP contribution is -2.41. The Balaban J connectivity index is 1.15. The van der Waals surface area contributed by atoms with E-state index >= 15 is 0 Å². The summed E-state index contributed by atoms with van der Waals surface area (Å²) < 4.78 is 1.81. The summed E-state index contributed by atoms with van der Waals surface area (Å²) in [7, 11) is 1.93. The highest BCUT2D eigenvalue weighted by atomic mass is 16.1. The average Bonchev–Trinajstić information content (AvgIpc) is 3.22. The lowest BCUT2D eigenvalue weighted by molar-refractivity contribution is 0.0859. The highest BCUT2D eigenvalue weighted by Crippen LogP contribution is 2.31. The molecule has 2 aromatic heterocycles. The van der Waals surface area contributed by atoms with E-state index in [0.29, 0.717) is 24.1 Å². The van der Waals surface area contributed by atoms with Gasteiger partial charge in [-0.25, -0.2) is 9.67 Å². The van der Waals surface area contributed by atoms with E-state index in [1.54, 1.807) is 0 Å². The Morgan fingerprint density at radius 3 is 2.41 bits per heavy atom. The average molecular weight is 508 g/mol. The molecule has 0 radical (unpaired) electrons. The molecule has 1 aliphatic carbocycles. The van der Waals surface area contributed by atoms with Crippen molar-refractivity contribution in [1.29, 1.82) is 0 Å². The number of fused-ring (bicyclic) bond motifs is 1. The SMILES string of the molecule is CC1CC(CC(=O)c2nn(C)c3nc(N4CCCCCCC4)ccc23)CCN1CCCC1CCCCC1. The number of ketones is 1. The summed E-state index contributed by atoms with van der Waals surface area (Å²) in [5.41, 5.74) is 1.45. The zero-order chi connectivity index (χ0) is 25.6. The van der Waals surface area contributed by atoms with Crippen molar-refractivity contribution in [2.24, 2.45) is 18.9 Å². The number of hydrogen-bond donors (Lipinski definition) is 0. The van der Waals surface area contributed by atoms with Crippen molar-refractivity contribution >= 4 is 22.6 Å². The van der Waals surface area contributed by atoms with E-state index in [1.165, 1.54) is 83.6 Å². The number of aryl methyl sites for hydroxylation is 1. The number of hydrogen-bond acceptors (Lipinski definition) is 5. The number of anilines is 1. The normalized spacial score (nSPS) is 24.8. The number of rotatable bonds is 8. The number of carbonyl (C=O) groups excluding carboxylic acids is 1. The quantitative estimate of drug-likeness (QED) is 0.369. The number of nitrogens with zero attached hydrogens (tertiary/aromatic N) is 5. The standard InChI is InChI=1S/C31H49N5O/c1-24-22-26(17-21-35(24)20-11-14-25-12-7-6-8-13-25)23-28(37)30-27-15-16-29(32-31(27)34(2)33-30)36-18-9-4-3-5-10-19-36/h15-16,24-26H,3-14,17-23H2,1-2H3. The van der Waals surface area contributed by atoms with E-state index < -0.39 is 0 Å². The van der Waals surface area contributed by atoms with Gasteiger partial charge < -0.3 is 9.80 Å². The fraction of sp³-hybridized carbons (Fsp3) is 0.774. The minimum atomic E-state index is 0.189. The van der Waals surface area contributed by atoms with Crippen molar-refractivity contribution in [2.75, 3.05) is 31.1 Å². The van der Waals surface area contributed by atoms with Gasteiger partial charge in [0.2, 0.25) is 0 Å². The maximum Gasteiger partial charge on any atom is 0.184 e. The molecule has 1 saturated carbocycles. The molecule has 2 unspecified atom stereocenters. The number of likely N-dealkylation sites (tertiary alicyclic amines) is 1. The van der Waals surface area contributed by atoms with Crippen molar-refractivity contribution in [1.82, 2.24) is 19.7 Å². The predicted molar refractivity (Wildman–Crippen MR) is 152 cm³/mol. The number of carbonyl (C=O) groups is 1. The van der Waals surface area contributed by atoms with E-state index in [4.69, 9.17) is 4.98 Å². The van der Waals surface area contributed by atoms with E-state index in [9.17, 15) is 4.79 Å². The highest BCUT2D eigenvalue weighted by molar-refractivity contribution is 6.05. The van der Waals surface area contributed by atoms with Gasteiger partial charge in [-0.05, 0) is 82.5 Å². The van der Waals surface area contributed by atoms with E-state index in [0.717, 1.165) is 55.2 Å². The molecule has 37 heavy (non-hydrogen) atoms. The molecule has 0 spiro atoms. The number of aromatic nitrogens is 3. The van der Waals surface area contributed by atoms with Gasteiger partial charge in [0.25, 0.3) is 0 Å². The van der Waals surface area contributed by atoms with Crippen LogP contribution in [0.1, 0.15) is 114 Å². The first-order chi connectivity index (χ1) is 18.1. The van der Waals surface area contributed by atoms with Crippen LogP contribution in [0.15, 0.2) is 12.1 Å². The van der Waals surface area contributed by atoms with Crippen LogP contribution in [-0.2, 0) is 7.05 Å². The Morgan fingerprint density at radius 1 is 0.919 bits per heavy atom. The van der Waals surface area contributed by atoms with Crippen LogP contribution in [0.3, 0.4) is 0 Å². The van der Waals surface area contributed by atoms with Gasteiger partial charge in [0.1, 0.15) is 11.5 Å². The fourth-order valence-electron chi connectivity index (χ4n) is 7.23. The lowest BCUT2D eigenvalue weighted by atomic mass is 9.85. The maximum absolute atomic E-state index is 13.4. The van der Waals surface area contributed by atoms with Gasteiger partial charge in [0.05, 0.1) is 5.39 Å². The summed E-state index contributed by atoms with van der Waals surface area (Å²) in [4.78, 5) is 23.5. The molecule has 0 aromatic carbocycles. The lowest BCUT2D eigenvalue weighted by Gasteiger charge is -2.38. The zero-order valence-electron chi connectivity index (χ0n) is 23.5. The monoisotopic (exact) mass is 507 g/mol. The Hall–Kier alpha value is -1.95. The third-order valence-electron chi connectivity index (χ3n) is 9.50. The largest absolute Gasteiger partial charge is 0.357 e. The van der Waals surface area contributed by atoms with Crippen molar-refractivity contribution in [3.8, 4) is 0 Å². The molecule has 2 aromatic rings. The third-order valence-corrected chi connectivity index (χ3v) is 9.50. The molecular weight excluding hydrogens is 458 g/mol. The zero-order valence-corrected chi connectivity index (χ0v) is 23.5. The second kappa shape index (κ2) is 12.7. The molecule has 6 nitrogen and oxygen atoms in total. The summed E-state index contributed by atoms with van der Waals surface area (Å²) in [6.45, 7) is 6.87. The van der Waals surface area contributed by atoms with Crippen molar-refractivity contribution in [3.63, 3.8) is 0 Å². The van der Waals surface area contributed by atoms with Gasteiger partial charge in [-0.2, -0.15) is 5.10 Å². The van der Waals surface area contributed by atoms with Gasteiger partial charge in [0, 0.05) is 32.6 Å². The van der Waals surface area contributed by atoms with Gasteiger partial charge in [-0.3, -0.25) is 4.79 Å². The van der Waals surface area contributed by atoms with Crippen LogP contribution in [0.4, 0.5) is 5.82 Å². The Bertz CT molecular complexity index is 1020. The molecule has 0 amide bonds. The first-order valence-corrected chi connectivity index (χ1v) is 15.4. The molecule has 6 heteroatoms. The Morgan fingerprint density at radius 2 is 1.65 bits per heavy atom. The van der Waals surface area contributed by atoms with Gasteiger partial charge >= 0.3 is 0 Å².